The third kappa shape index (κ3) is 4.12. The van der Waals surface area contributed by atoms with E-state index in [-0.39, 0.29) is 0 Å². The van der Waals surface area contributed by atoms with Crippen LogP contribution in [0.2, 0.25) is 0 Å². The maximum absolute atomic E-state index is 5.93. The van der Waals surface area contributed by atoms with Crippen LogP contribution in [0.25, 0.3) is 0 Å². The molecule has 2 rings (SSSR count). The zero-order valence-electron chi connectivity index (χ0n) is 12.3. The molecule has 0 aliphatic heterocycles. The highest BCUT2D eigenvalue weighted by Gasteiger charge is 1.98. The molecule has 0 aliphatic carbocycles. The van der Waals surface area contributed by atoms with Crippen molar-refractivity contribution in [3.8, 4) is 0 Å². The molecule has 20 heavy (non-hydrogen) atoms. The van der Waals surface area contributed by atoms with Gasteiger partial charge in [-0.05, 0) is 49.6 Å². The van der Waals surface area contributed by atoms with E-state index in [1.807, 2.05) is 6.07 Å². The first-order valence-electron chi connectivity index (χ1n) is 6.74. The van der Waals surface area contributed by atoms with Gasteiger partial charge in [-0.15, -0.1) is 0 Å². The second-order valence-corrected chi connectivity index (χ2v) is 5.19. The number of benzene rings is 2. The van der Waals surface area contributed by atoms with Crippen LogP contribution in [-0.4, -0.2) is 5.96 Å². The number of hydrogen-bond donors (Lipinski definition) is 2. The van der Waals surface area contributed by atoms with E-state index in [1.165, 1.54) is 16.7 Å². The van der Waals surface area contributed by atoms with Crippen LogP contribution in [-0.2, 0) is 6.54 Å². The highest BCUT2D eigenvalue weighted by Crippen LogP contribution is 2.13. The smallest absolute Gasteiger partial charge is 0.193 e. The molecule has 0 bridgehead atoms. The van der Waals surface area contributed by atoms with Gasteiger partial charge < -0.3 is 11.1 Å². The van der Waals surface area contributed by atoms with Crippen molar-refractivity contribution >= 4 is 11.6 Å². The lowest BCUT2D eigenvalue weighted by Gasteiger charge is -2.08. The summed E-state index contributed by atoms with van der Waals surface area (Å²) in [4.78, 5) is 4.37. The molecule has 0 spiro atoms. The monoisotopic (exact) mass is 267 g/mol. The van der Waals surface area contributed by atoms with E-state index in [4.69, 9.17) is 5.73 Å². The van der Waals surface area contributed by atoms with Crippen LogP contribution >= 0.6 is 0 Å². The molecule has 3 N–H and O–H groups in total. The van der Waals surface area contributed by atoms with Gasteiger partial charge in [0.15, 0.2) is 5.96 Å². The van der Waals surface area contributed by atoms with Crippen molar-refractivity contribution in [3.05, 3.63) is 64.7 Å². The molecule has 0 radical (unpaired) electrons. The molecule has 0 unspecified atom stereocenters. The second kappa shape index (κ2) is 6.24. The minimum Gasteiger partial charge on any atom is -0.370 e. The molecule has 0 fully saturated rings. The van der Waals surface area contributed by atoms with E-state index < -0.39 is 0 Å². The second-order valence-electron chi connectivity index (χ2n) is 5.19. The van der Waals surface area contributed by atoms with Gasteiger partial charge in [-0.1, -0.05) is 35.9 Å². The van der Waals surface area contributed by atoms with Crippen molar-refractivity contribution in [1.82, 2.24) is 0 Å². The molecule has 0 amide bonds. The molecule has 0 aromatic heterocycles. The SMILES string of the molecule is Cc1cccc(CN=C(N)Nc2cc(C)cc(C)c2)c1. The minimum absolute atomic E-state index is 0.441. The first kappa shape index (κ1) is 14.1. The standard InChI is InChI=1S/C17H21N3/c1-12-5-4-6-15(8-12)11-19-17(18)20-16-9-13(2)7-14(3)10-16/h4-10H,11H2,1-3H3,(H3,18,19,20). The molecule has 3 heteroatoms. The number of anilines is 1. The van der Waals surface area contributed by atoms with Crippen molar-refractivity contribution in [2.24, 2.45) is 10.7 Å². The fraction of sp³-hybridized carbons (Fsp3) is 0.235. The zero-order valence-corrected chi connectivity index (χ0v) is 12.3. The van der Waals surface area contributed by atoms with Crippen molar-refractivity contribution in [2.45, 2.75) is 27.3 Å². The van der Waals surface area contributed by atoms with Crippen LogP contribution in [0.4, 0.5) is 5.69 Å². The first-order valence-corrected chi connectivity index (χ1v) is 6.74. The van der Waals surface area contributed by atoms with Crippen molar-refractivity contribution in [3.63, 3.8) is 0 Å². The fourth-order valence-electron chi connectivity index (χ4n) is 2.22. The summed E-state index contributed by atoms with van der Waals surface area (Å²) >= 11 is 0. The van der Waals surface area contributed by atoms with E-state index in [0.717, 1.165) is 11.3 Å². The average Bonchev–Trinajstić information content (AvgIpc) is 2.35. The largest absolute Gasteiger partial charge is 0.370 e. The van der Waals surface area contributed by atoms with Crippen molar-refractivity contribution in [2.75, 3.05) is 5.32 Å². The topological polar surface area (TPSA) is 50.4 Å². The lowest BCUT2D eigenvalue weighted by molar-refractivity contribution is 1.05. The Kier molecular flexibility index (Phi) is 4.41. The molecule has 0 heterocycles. The Labute approximate surface area is 120 Å². The van der Waals surface area contributed by atoms with E-state index in [9.17, 15) is 0 Å². The summed E-state index contributed by atoms with van der Waals surface area (Å²) < 4.78 is 0. The van der Waals surface area contributed by atoms with Gasteiger partial charge in [-0.3, -0.25) is 0 Å². The van der Waals surface area contributed by atoms with Gasteiger partial charge in [-0.25, -0.2) is 4.99 Å². The normalized spacial score (nSPS) is 11.4. The molecule has 0 atom stereocenters. The van der Waals surface area contributed by atoms with Crippen LogP contribution in [0, 0.1) is 20.8 Å². The van der Waals surface area contributed by atoms with E-state index in [2.05, 4.69) is 67.5 Å². The van der Waals surface area contributed by atoms with E-state index in [1.54, 1.807) is 0 Å². The number of rotatable bonds is 3. The Balaban J connectivity index is 2.04. The Morgan fingerprint density at radius 3 is 2.35 bits per heavy atom. The predicted molar refractivity (Wildman–Crippen MR) is 86.0 cm³/mol. The number of aliphatic imine (C=N–C) groups is 1. The number of nitrogens with one attached hydrogen (secondary N) is 1. The Morgan fingerprint density at radius 1 is 1.00 bits per heavy atom. The van der Waals surface area contributed by atoms with Gasteiger partial charge in [0.1, 0.15) is 0 Å². The fourth-order valence-corrected chi connectivity index (χ4v) is 2.22. The van der Waals surface area contributed by atoms with Crippen LogP contribution in [0.5, 0.6) is 0 Å². The first-order chi connectivity index (χ1) is 9.52. The number of hydrogen-bond acceptors (Lipinski definition) is 1. The lowest BCUT2D eigenvalue weighted by atomic mass is 10.1. The Bertz CT molecular complexity index is 610. The van der Waals surface area contributed by atoms with Gasteiger partial charge in [0.25, 0.3) is 0 Å². The predicted octanol–water partition coefficient (Wildman–Crippen LogP) is 3.54. The molecular formula is C17H21N3. The highest BCUT2D eigenvalue weighted by molar-refractivity contribution is 5.92. The summed E-state index contributed by atoms with van der Waals surface area (Å²) in [7, 11) is 0. The molecular weight excluding hydrogens is 246 g/mol. The summed E-state index contributed by atoms with van der Waals surface area (Å²) in [6.07, 6.45) is 0. The Hall–Kier alpha value is -2.29. The van der Waals surface area contributed by atoms with Gasteiger partial charge in [-0.2, -0.15) is 0 Å². The van der Waals surface area contributed by atoms with Crippen LogP contribution in [0.15, 0.2) is 47.5 Å². The Morgan fingerprint density at radius 2 is 1.70 bits per heavy atom. The summed E-state index contributed by atoms with van der Waals surface area (Å²) in [6, 6.07) is 14.5. The maximum atomic E-state index is 5.93. The maximum Gasteiger partial charge on any atom is 0.193 e. The minimum atomic E-state index is 0.441. The third-order valence-electron chi connectivity index (χ3n) is 3.01. The zero-order chi connectivity index (χ0) is 14.5. The van der Waals surface area contributed by atoms with Crippen LogP contribution in [0.3, 0.4) is 0 Å². The molecule has 0 aliphatic rings. The van der Waals surface area contributed by atoms with Crippen LogP contribution in [0.1, 0.15) is 22.3 Å². The number of nitrogens with zero attached hydrogens (tertiary/aromatic N) is 1. The summed E-state index contributed by atoms with van der Waals surface area (Å²) in [5, 5.41) is 3.14. The number of nitrogens with two attached hydrogens (primary N) is 1. The summed E-state index contributed by atoms with van der Waals surface area (Å²) in [5.74, 6) is 0.441. The molecule has 3 nitrogen and oxygen atoms in total. The lowest BCUT2D eigenvalue weighted by Crippen LogP contribution is -2.22. The summed E-state index contributed by atoms with van der Waals surface area (Å²) in [5.41, 5.74) is 11.7. The van der Waals surface area contributed by atoms with E-state index in [0.29, 0.717) is 12.5 Å². The number of guanidine groups is 1. The molecule has 0 saturated heterocycles. The summed E-state index contributed by atoms with van der Waals surface area (Å²) in [6.45, 7) is 6.80. The van der Waals surface area contributed by atoms with Crippen LogP contribution < -0.4 is 11.1 Å². The average molecular weight is 267 g/mol. The third-order valence-corrected chi connectivity index (χ3v) is 3.01. The van der Waals surface area contributed by atoms with Gasteiger partial charge in [0, 0.05) is 5.69 Å². The van der Waals surface area contributed by atoms with Crippen molar-refractivity contribution in [1.29, 1.82) is 0 Å². The van der Waals surface area contributed by atoms with Gasteiger partial charge in [0.2, 0.25) is 0 Å². The highest BCUT2D eigenvalue weighted by atomic mass is 15.1. The number of aryl methyl sites for hydroxylation is 3. The molecule has 0 saturated carbocycles. The quantitative estimate of drug-likeness (QED) is 0.660. The van der Waals surface area contributed by atoms with Gasteiger partial charge in [0.05, 0.1) is 6.54 Å². The van der Waals surface area contributed by atoms with Gasteiger partial charge >= 0.3 is 0 Å². The van der Waals surface area contributed by atoms with Crippen molar-refractivity contribution < 1.29 is 0 Å². The molecule has 2 aromatic carbocycles. The molecule has 2 aromatic rings. The van der Waals surface area contributed by atoms with E-state index >= 15 is 0 Å². The molecule has 104 valence electrons.